The highest BCUT2D eigenvalue weighted by Crippen LogP contribution is 2.32. The zero-order valence-electron chi connectivity index (χ0n) is 16.9. The molecule has 1 atom stereocenters. The number of para-hydroxylation sites is 2. The molecular weight excluding hydrogens is 352 g/mol. The molecule has 0 radical (unpaired) electrons. The minimum atomic E-state index is 0.251. The van der Waals surface area contributed by atoms with Gasteiger partial charge in [0.1, 0.15) is 5.75 Å². The van der Waals surface area contributed by atoms with Crippen LogP contribution in [0.2, 0.25) is 0 Å². The Bertz CT molecular complexity index is 810. The summed E-state index contributed by atoms with van der Waals surface area (Å²) in [7, 11) is 3.79. The fourth-order valence-corrected chi connectivity index (χ4v) is 4.53. The van der Waals surface area contributed by atoms with E-state index in [9.17, 15) is 4.79 Å². The summed E-state index contributed by atoms with van der Waals surface area (Å²) in [5.74, 6) is 1.14. The Morgan fingerprint density at radius 1 is 1.07 bits per heavy atom. The van der Waals surface area contributed by atoms with Gasteiger partial charge in [0.25, 0.3) is 0 Å². The molecule has 0 unspecified atom stereocenters. The predicted molar refractivity (Wildman–Crippen MR) is 111 cm³/mol. The van der Waals surface area contributed by atoms with Crippen LogP contribution >= 0.6 is 0 Å². The molecule has 3 heterocycles. The number of ether oxygens (including phenoxy) is 1. The first-order chi connectivity index (χ1) is 13.7. The van der Waals surface area contributed by atoms with Crippen LogP contribution < -0.4 is 9.64 Å². The molecule has 0 N–H and O–H groups in total. The molecule has 6 heteroatoms. The van der Waals surface area contributed by atoms with Crippen molar-refractivity contribution >= 4 is 11.6 Å². The monoisotopic (exact) mass is 382 g/mol. The van der Waals surface area contributed by atoms with Crippen molar-refractivity contribution in [3.05, 3.63) is 48.3 Å². The highest BCUT2D eigenvalue weighted by atomic mass is 16.5. The molecule has 0 bridgehead atoms. The molecule has 2 aliphatic rings. The summed E-state index contributed by atoms with van der Waals surface area (Å²) in [6, 6.07) is 12.7. The number of benzene rings is 1. The minimum Gasteiger partial charge on any atom is -0.495 e. The minimum absolute atomic E-state index is 0.251. The number of carbonyl (C=O) groups excluding carboxylic acids is 1. The van der Waals surface area contributed by atoms with Crippen LogP contribution in [0.5, 0.6) is 5.75 Å². The van der Waals surface area contributed by atoms with Gasteiger partial charge in [-0.2, -0.15) is 0 Å². The lowest BCUT2D eigenvalue weighted by Crippen LogP contribution is -2.51. The van der Waals surface area contributed by atoms with Gasteiger partial charge in [-0.05, 0) is 43.7 Å². The molecule has 1 aromatic heterocycles. The van der Waals surface area contributed by atoms with E-state index in [1.54, 1.807) is 7.11 Å². The first kappa shape index (κ1) is 18.9. The molecule has 2 fully saturated rings. The number of amides is 1. The summed E-state index contributed by atoms with van der Waals surface area (Å²) >= 11 is 0. The SMILES string of the molecule is COc1ccccc1N1CCN(C(=O)CN2CCC[C@H]2c2cccn2C)CC1. The lowest BCUT2D eigenvalue weighted by atomic mass is 10.1. The lowest BCUT2D eigenvalue weighted by Gasteiger charge is -2.37. The van der Waals surface area contributed by atoms with Crippen molar-refractivity contribution in [1.29, 1.82) is 0 Å². The number of aromatic nitrogens is 1. The molecule has 1 amide bonds. The Hall–Kier alpha value is -2.47. The third kappa shape index (κ3) is 3.74. The smallest absolute Gasteiger partial charge is 0.236 e. The quantitative estimate of drug-likeness (QED) is 0.797. The highest BCUT2D eigenvalue weighted by molar-refractivity contribution is 5.78. The van der Waals surface area contributed by atoms with Gasteiger partial charge in [-0.25, -0.2) is 0 Å². The summed E-state index contributed by atoms with van der Waals surface area (Å²) in [5, 5.41) is 0. The third-order valence-electron chi connectivity index (χ3n) is 6.09. The topological polar surface area (TPSA) is 41.0 Å². The molecule has 2 aliphatic heterocycles. The van der Waals surface area contributed by atoms with E-state index in [1.807, 2.05) is 23.1 Å². The second kappa shape index (κ2) is 8.27. The molecular formula is C22H30N4O2. The maximum atomic E-state index is 13.0. The molecule has 2 saturated heterocycles. The highest BCUT2D eigenvalue weighted by Gasteiger charge is 2.31. The van der Waals surface area contributed by atoms with Gasteiger partial charge in [-0.1, -0.05) is 12.1 Å². The van der Waals surface area contributed by atoms with Crippen molar-refractivity contribution in [1.82, 2.24) is 14.4 Å². The normalized spacial score (nSPS) is 20.6. The van der Waals surface area contributed by atoms with Gasteiger partial charge in [0, 0.05) is 45.1 Å². The molecule has 0 saturated carbocycles. The zero-order chi connectivity index (χ0) is 19.5. The van der Waals surface area contributed by atoms with E-state index in [4.69, 9.17) is 4.74 Å². The summed E-state index contributed by atoms with van der Waals surface area (Å²) in [4.78, 5) is 19.6. The van der Waals surface area contributed by atoms with Gasteiger partial charge >= 0.3 is 0 Å². The van der Waals surface area contributed by atoms with Gasteiger partial charge in [0.2, 0.25) is 5.91 Å². The molecule has 2 aromatic rings. The average Bonchev–Trinajstić information content (AvgIpc) is 3.36. The maximum Gasteiger partial charge on any atom is 0.236 e. The van der Waals surface area contributed by atoms with E-state index in [0.717, 1.165) is 57.0 Å². The van der Waals surface area contributed by atoms with E-state index in [0.29, 0.717) is 12.6 Å². The van der Waals surface area contributed by atoms with Gasteiger partial charge < -0.3 is 19.1 Å². The van der Waals surface area contributed by atoms with Crippen molar-refractivity contribution < 1.29 is 9.53 Å². The summed E-state index contributed by atoms with van der Waals surface area (Å²) < 4.78 is 7.67. The third-order valence-corrected chi connectivity index (χ3v) is 6.09. The molecule has 150 valence electrons. The largest absolute Gasteiger partial charge is 0.495 e. The van der Waals surface area contributed by atoms with Crippen LogP contribution in [0, 0.1) is 0 Å². The Kier molecular flexibility index (Phi) is 5.57. The first-order valence-corrected chi connectivity index (χ1v) is 10.2. The number of carbonyl (C=O) groups is 1. The molecule has 6 nitrogen and oxygen atoms in total. The Morgan fingerprint density at radius 2 is 1.86 bits per heavy atom. The van der Waals surface area contributed by atoms with Crippen LogP contribution in [0.4, 0.5) is 5.69 Å². The van der Waals surface area contributed by atoms with Gasteiger partial charge in [0.05, 0.1) is 25.4 Å². The van der Waals surface area contributed by atoms with Crippen LogP contribution in [0.25, 0.3) is 0 Å². The number of rotatable bonds is 5. The fraction of sp³-hybridized carbons (Fsp3) is 0.500. The van der Waals surface area contributed by atoms with Gasteiger partial charge in [0.15, 0.2) is 0 Å². The second-order valence-corrected chi connectivity index (χ2v) is 7.71. The van der Waals surface area contributed by atoms with Crippen molar-refractivity contribution in [2.24, 2.45) is 7.05 Å². The molecule has 1 aromatic carbocycles. The summed E-state index contributed by atoms with van der Waals surface area (Å²) in [5.41, 5.74) is 2.42. The summed E-state index contributed by atoms with van der Waals surface area (Å²) in [6.07, 6.45) is 4.38. The van der Waals surface area contributed by atoms with E-state index in [2.05, 4.69) is 45.8 Å². The second-order valence-electron chi connectivity index (χ2n) is 7.71. The Labute approximate surface area is 167 Å². The standard InChI is InChI=1S/C22H30N4O2/c1-23-11-5-8-18(23)19-9-6-12-26(19)17-22(27)25-15-13-24(14-16-25)20-7-3-4-10-21(20)28-2/h3-5,7-8,10-11,19H,6,9,12-17H2,1-2H3/t19-/m0/s1. The Balaban J connectivity index is 1.35. The van der Waals surface area contributed by atoms with Crippen LogP contribution in [-0.2, 0) is 11.8 Å². The average molecular weight is 383 g/mol. The van der Waals surface area contributed by atoms with Crippen LogP contribution in [0.15, 0.2) is 42.6 Å². The van der Waals surface area contributed by atoms with Crippen LogP contribution in [0.3, 0.4) is 0 Å². The lowest BCUT2D eigenvalue weighted by molar-refractivity contribution is -0.133. The zero-order valence-corrected chi connectivity index (χ0v) is 16.9. The van der Waals surface area contributed by atoms with Crippen molar-refractivity contribution in [3.8, 4) is 5.75 Å². The van der Waals surface area contributed by atoms with Crippen molar-refractivity contribution in [3.63, 3.8) is 0 Å². The molecule has 28 heavy (non-hydrogen) atoms. The number of aryl methyl sites for hydroxylation is 1. The molecule has 4 rings (SSSR count). The number of methoxy groups -OCH3 is 1. The van der Waals surface area contributed by atoms with E-state index < -0.39 is 0 Å². The summed E-state index contributed by atoms with van der Waals surface area (Å²) in [6.45, 7) is 4.73. The number of anilines is 1. The van der Waals surface area contributed by atoms with Crippen molar-refractivity contribution in [2.75, 3.05) is 51.3 Å². The number of hydrogen-bond acceptors (Lipinski definition) is 4. The number of piperazine rings is 1. The van der Waals surface area contributed by atoms with E-state index in [1.165, 1.54) is 5.69 Å². The van der Waals surface area contributed by atoms with Crippen LogP contribution in [0.1, 0.15) is 24.6 Å². The molecule has 0 aliphatic carbocycles. The first-order valence-electron chi connectivity index (χ1n) is 10.2. The Morgan fingerprint density at radius 3 is 2.57 bits per heavy atom. The molecule has 0 spiro atoms. The van der Waals surface area contributed by atoms with Crippen LogP contribution in [-0.4, -0.2) is 66.7 Å². The van der Waals surface area contributed by atoms with Gasteiger partial charge in [-0.15, -0.1) is 0 Å². The fourth-order valence-electron chi connectivity index (χ4n) is 4.53. The predicted octanol–water partition coefficient (Wildman–Crippen LogP) is 2.52. The maximum absolute atomic E-state index is 13.0. The van der Waals surface area contributed by atoms with Gasteiger partial charge in [-0.3, -0.25) is 9.69 Å². The van der Waals surface area contributed by atoms with E-state index >= 15 is 0 Å². The van der Waals surface area contributed by atoms with E-state index in [-0.39, 0.29) is 5.91 Å². The number of nitrogens with zero attached hydrogens (tertiary/aromatic N) is 4. The van der Waals surface area contributed by atoms with Crippen molar-refractivity contribution in [2.45, 2.75) is 18.9 Å². The number of likely N-dealkylation sites (tertiary alicyclic amines) is 1. The number of hydrogen-bond donors (Lipinski definition) is 0.